The quantitative estimate of drug-likeness (QED) is 0.628. The van der Waals surface area contributed by atoms with Crippen molar-refractivity contribution in [3.8, 4) is 5.82 Å². The first kappa shape index (κ1) is 12.0. The van der Waals surface area contributed by atoms with E-state index in [1.54, 1.807) is 11.5 Å². The zero-order chi connectivity index (χ0) is 13.4. The van der Waals surface area contributed by atoms with Crippen LogP contribution < -0.4 is 5.73 Å². The number of hydrogen-bond donors (Lipinski definition) is 1. The van der Waals surface area contributed by atoms with Gasteiger partial charge in [-0.15, -0.1) is 0 Å². The van der Waals surface area contributed by atoms with Gasteiger partial charge in [0.2, 0.25) is 11.8 Å². The van der Waals surface area contributed by atoms with Gasteiger partial charge in [-0.3, -0.25) is 14.7 Å². The number of aromatic nitrogens is 4. The average Bonchev–Trinajstić information content (AvgIpc) is 2.57. The van der Waals surface area contributed by atoms with Crippen LogP contribution in [0.5, 0.6) is 0 Å². The Morgan fingerprint density at radius 1 is 1.28 bits per heavy atom. The molecule has 2 N–H and O–H groups in total. The zero-order valence-electron chi connectivity index (χ0n) is 10.2. The molecule has 0 aromatic carbocycles. The molecular weight excluding hydrogens is 236 g/mol. The van der Waals surface area contributed by atoms with E-state index in [-0.39, 0.29) is 23.1 Å². The minimum absolute atomic E-state index is 0.00106. The highest BCUT2D eigenvalue weighted by Crippen LogP contribution is 2.26. The van der Waals surface area contributed by atoms with Gasteiger partial charge < -0.3 is 5.73 Å². The fourth-order valence-electron chi connectivity index (χ4n) is 1.67. The first-order valence-corrected chi connectivity index (χ1v) is 5.21. The molecular formula is C10H12N6O2. The molecule has 18 heavy (non-hydrogen) atoms. The second-order valence-electron chi connectivity index (χ2n) is 3.88. The van der Waals surface area contributed by atoms with Crippen molar-refractivity contribution in [2.75, 3.05) is 5.73 Å². The third kappa shape index (κ3) is 1.77. The highest BCUT2D eigenvalue weighted by molar-refractivity contribution is 5.53. The van der Waals surface area contributed by atoms with Gasteiger partial charge in [0.1, 0.15) is 12.0 Å². The maximum Gasteiger partial charge on any atom is 0.333 e. The summed E-state index contributed by atoms with van der Waals surface area (Å²) in [7, 11) is 0. The predicted octanol–water partition coefficient (Wildman–Crippen LogP) is 1.08. The minimum Gasteiger partial charge on any atom is -0.368 e. The van der Waals surface area contributed by atoms with E-state index in [1.165, 1.54) is 13.3 Å². The van der Waals surface area contributed by atoms with Gasteiger partial charge in [0.05, 0.1) is 10.6 Å². The number of hydrogen-bond acceptors (Lipinski definition) is 6. The van der Waals surface area contributed by atoms with Crippen molar-refractivity contribution in [1.29, 1.82) is 0 Å². The molecule has 0 spiro atoms. The van der Waals surface area contributed by atoms with E-state index in [0.29, 0.717) is 0 Å². The molecule has 0 bridgehead atoms. The van der Waals surface area contributed by atoms with Crippen LogP contribution in [0.1, 0.15) is 17.1 Å². The number of nitrogen functional groups attached to an aromatic ring is 1. The molecule has 2 rings (SSSR count). The molecule has 0 aliphatic heterocycles. The SMILES string of the molecule is Cc1nc(N)nc(-n2cnc(C)c2C)c1[N+](=O)[O-]. The van der Waals surface area contributed by atoms with Gasteiger partial charge in [0.25, 0.3) is 0 Å². The van der Waals surface area contributed by atoms with Gasteiger partial charge in [-0.2, -0.15) is 4.98 Å². The molecule has 0 aliphatic carbocycles. The van der Waals surface area contributed by atoms with Gasteiger partial charge in [-0.1, -0.05) is 0 Å². The summed E-state index contributed by atoms with van der Waals surface area (Å²) in [5.74, 6) is 0.141. The lowest BCUT2D eigenvalue weighted by Crippen LogP contribution is -2.09. The third-order valence-electron chi connectivity index (χ3n) is 2.72. The molecule has 0 amide bonds. The van der Waals surface area contributed by atoms with E-state index >= 15 is 0 Å². The summed E-state index contributed by atoms with van der Waals surface area (Å²) >= 11 is 0. The van der Waals surface area contributed by atoms with Crippen molar-refractivity contribution in [2.24, 2.45) is 0 Å². The van der Waals surface area contributed by atoms with Crippen LogP contribution in [0.25, 0.3) is 5.82 Å². The van der Waals surface area contributed by atoms with Crippen molar-refractivity contribution in [1.82, 2.24) is 19.5 Å². The number of imidazole rings is 1. The molecule has 2 aromatic rings. The van der Waals surface area contributed by atoms with Crippen LogP contribution in [0.4, 0.5) is 11.6 Å². The van der Waals surface area contributed by atoms with E-state index < -0.39 is 4.92 Å². The summed E-state index contributed by atoms with van der Waals surface area (Å²) in [6.07, 6.45) is 1.48. The molecule has 0 aliphatic rings. The molecule has 0 unspecified atom stereocenters. The summed E-state index contributed by atoms with van der Waals surface area (Å²) in [5.41, 5.74) is 7.16. The van der Waals surface area contributed by atoms with Gasteiger partial charge in [-0.25, -0.2) is 9.97 Å². The molecule has 2 heterocycles. The van der Waals surface area contributed by atoms with Gasteiger partial charge in [0.15, 0.2) is 0 Å². The van der Waals surface area contributed by atoms with Crippen molar-refractivity contribution in [2.45, 2.75) is 20.8 Å². The summed E-state index contributed by atoms with van der Waals surface area (Å²) in [4.78, 5) is 22.4. The Kier molecular flexibility index (Phi) is 2.70. The number of rotatable bonds is 2. The molecule has 8 nitrogen and oxygen atoms in total. The molecule has 0 saturated carbocycles. The zero-order valence-corrected chi connectivity index (χ0v) is 10.2. The second-order valence-corrected chi connectivity index (χ2v) is 3.88. The normalized spacial score (nSPS) is 10.6. The highest BCUT2D eigenvalue weighted by atomic mass is 16.6. The number of nitrogens with two attached hydrogens (primary N) is 1. The molecule has 0 radical (unpaired) electrons. The summed E-state index contributed by atoms with van der Waals surface area (Å²) in [5, 5.41) is 11.1. The molecule has 0 atom stereocenters. The minimum atomic E-state index is -0.515. The molecule has 2 aromatic heterocycles. The first-order valence-electron chi connectivity index (χ1n) is 5.21. The van der Waals surface area contributed by atoms with Gasteiger partial charge in [0, 0.05) is 5.69 Å². The standard InChI is InChI=1S/C10H12N6O2/c1-5-7(3)15(4-12-5)9-8(16(17)18)6(2)13-10(11)14-9/h4H,1-3H3,(H2,11,13,14). The smallest absolute Gasteiger partial charge is 0.333 e. The Labute approximate surface area is 103 Å². The highest BCUT2D eigenvalue weighted by Gasteiger charge is 2.24. The van der Waals surface area contributed by atoms with Crippen molar-refractivity contribution in [3.05, 3.63) is 33.5 Å². The number of anilines is 1. The van der Waals surface area contributed by atoms with Crippen molar-refractivity contribution in [3.63, 3.8) is 0 Å². The van der Waals surface area contributed by atoms with Crippen LogP contribution in [-0.2, 0) is 0 Å². The molecule has 8 heteroatoms. The first-order chi connectivity index (χ1) is 8.41. The lowest BCUT2D eigenvalue weighted by molar-refractivity contribution is -0.385. The Morgan fingerprint density at radius 3 is 2.44 bits per heavy atom. The van der Waals surface area contributed by atoms with E-state index in [1.807, 2.05) is 6.92 Å². The average molecular weight is 248 g/mol. The number of aryl methyl sites for hydroxylation is 2. The van der Waals surface area contributed by atoms with Crippen LogP contribution in [0.15, 0.2) is 6.33 Å². The van der Waals surface area contributed by atoms with Crippen LogP contribution in [-0.4, -0.2) is 24.4 Å². The monoisotopic (exact) mass is 248 g/mol. The maximum absolute atomic E-state index is 11.1. The fraction of sp³-hybridized carbons (Fsp3) is 0.300. The van der Waals surface area contributed by atoms with Crippen LogP contribution in [0, 0.1) is 30.9 Å². The van der Waals surface area contributed by atoms with Crippen molar-refractivity contribution < 1.29 is 4.92 Å². The lowest BCUT2D eigenvalue weighted by atomic mass is 10.3. The number of nitrogens with zero attached hydrogens (tertiary/aromatic N) is 5. The Bertz CT molecular complexity index is 634. The summed E-state index contributed by atoms with van der Waals surface area (Å²) in [6.45, 7) is 5.15. The summed E-state index contributed by atoms with van der Waals surface area (Å²) in [6, 6.07) is 0. The van der Waals surface area contributed by atoms with E-state index in [4.69, 9.17) is 5.73 Å². The third-order valence-corrected chi connectivity index (χ3v) is 2.72. The molecule has 0 saturated heterocycles. The second kappa shape index (κ2) is 4.06. The predicted molar refractivity (Wildman–Crippen MR) is 64.4 cm³/mol. The van der Waals surface area contributed by atoms with E-state index in [0.717, 1.165) is 11.4 Å². The van der Waals surface area contributed by atoms with Crippen LogP contribution in [0.2, 0.25) is 0 Å². The number of nitro groups is 1. The van der Waals surface area contributed by atoms with E-state index in [9.17, 15) is 10.1 Å². The van der Waals surface area contributed by atoms with Gasteiger partial charge >= 0.3 is 5.69 Å². The topological polar surface area (TPSA) is 113 Å². The lowest BCUT2D eigenvalue weighted by Gasteiger charge is -2.07. The van der Waals surface area contributed by atoms with Crippen LogP contribution >= 0.6 is 0 Å². The van der Waals surface area contributed by atoms with E-state index in [2.05, 4.69) is 15.0 Å². The Balaban J connectivity index is 2.77. The maximum atomic E-state index is 11.1. The van der Waals surface area contributed by atoms with Gasteiger partial charge in [-0.05, 0) is 20.8 Å². The Morgan fingerprint density at radius 2 is 1.94 bits per heavy atom. The Hall–Kier alpha value is -2.51. The van der Waals surface area contributed by atoms with Crippen molar-refractivity contribution >= 4 is 11.6 Å². The fourth-order valence-corrected chi connectivity index (χ4v) is 1.67. The molecule has 0 fully saturated rings. The molecule has 94 valence electrons. The largest absolute Gasteiger partial charge is 0.368 e. The van der Waals surface area contributed by atoms with Crippen LogP contribution in [0.3, 0.4) is 0 Å². The summed E-state index contributed by atoms with van der Waals surface area (Å²) < 4.78 is 1.54.